The number of halogens is 3. The third-order valence-electron chi connectivity index (χ3n) is 4.15. The molecule has 3 rings (SSSR count). The number of aromatic nitrogens is 3. The lowest BCUT2D eigenvalue weighted by Crippen LogP contribution is -2.60. The van der Waals surface area contributed by atoms with Crippen LogP contribution < -0.4 is 10.6 Å². The predicted octanol–water partition coefficient (Wildman–Crippen LogP) is 2.03. The van der Waals surface area contributed by atoms with Gasteiger partial charge < -0.3 is 15.7 Å². The number of hydrogen-bond acceptors (Lipinski definition) is 5. The minimum Gasteiger partial charge on any atom is -0.493 e. The van der Waals surface area contributed by atoms with Crippen LogP contribution in [0.2, 0.25) is 0 Å². The molecule has 1 atom stereocenters. The number of amides is 1. The molecule has 0 radical (unpaired) electrons. The fraction of sp³-hybridized carbons (Fsp3) is 0.294. The molecule has 1 aliphatic rings. The van der Waals surface area contributed by atoms with E-state index in [1.54, 1.807) is 19.9 Å². The Hall–Kier alpha value is -3.37. The maximum Gasteiger partial charge on any atom is 0.433 e. The Kier molecular flexibility index (Phi) is 4.61. The van der Waals surface area contributed by atoms with Gasteiger partial charge in [0.15, 0.2) is 0 Å². The summed E-state index contributed by atoms with van der Waals surface area (Å²) in [6.45, 7) is 3.21. The van der Waals surface area contributed by atoms with Crippen molar-refractivity contribution in [2.24, 2.45) is 4.99 Å². The molecule has 3 heterocycles. The Morgan fingerprint density at radius 3 is 2.61 bits per heavy atom. The lowest BCUT2D eigenvalue weighted by atomic mass is 9.95. The van der Waals surface area contributed by atoms with Gasteiger partial charge in [-0.15, -0.1) is 0 Å². The SMILES string of the molecule is CC(C)(NC(=O)C1(n2cccn2)N=C(O)C=CN1)c1ccc(C(F)(F)F)nc1. The Labute approximate surface area is 157 Å². The molecule has 8 nitrogen and oxygen atoms in total. The zero-order valence-corrected chi connectivity index (χ0v) is 14.9. The van der Waals surface area contributed by atoms with Gasteiger partial charge in [0.1, 0.15) is 5.69 Å². The standard InChI is InChI=1S/C17H17F3N6O2/c1-15(2,11-4-5-12(21-10-11)16(18,19)20)25-14(28)17(26-9-3-7-23-26)22-8-6-13(27)24-17/h3-10,22H,1-2H3,(H,24,27)(H,25,28). The number of rotatable bonds is 4. The fourth-order valence-electron chi connectivity index (χ4n) is 2.64. The van der Waals surface area contributed by atoms with Gasteiger partial charge in [0, 0.05) is 30.9 Å². The molecule has 0 fully saturated rings. The van der Waals surface area contributed by atoms with Crippen LogP contribution in [-0.2, 0) is 22.3 Å². The van der Waals surface area contributed by atoms with Crippen molar-refractivity contribution >= 4 is 11.8 Å². The third-order valence-corrected chi connectivity index (χ3v) is 4.15. The molecule has 1 aliphatic heterocycles. The summed E-state index contributed by atoms with van der Waals surface area (Å²) in [5, 5.41) is 19.3. The Bertz CT molecular complexity index is 919. The highest BCUT2D eigenvalue weighted by atomic mass is 19.4. The Morgan fingerprint density at radius 2 is 2.07 bits per heavy atom. The maximum atomic E-state index is 13.1. The van der Waals surface area contributed by atoms with Crippen molar-refractivity contribution in [2.45, 2.75) is 31.3 Å². The van der Waals surface area contributed by atoms with E-state index in [0.29, 0.717) is 5.56 Å². The highest BCUT2D eigenvalue weighted by molar-refractivity contribution is 5.92. The van der Waals surface area contributed by atoms with E-state index in [4.69, 9.17) is 0 Å². The smallest absolute Gasteiger partial charge is 0.433 e. The van der Waals surface area contributed by atoms with Gasteiger partial charge in [0.05, 0.1) is 5.54 Å². The molecule has 0 saturated heterocycles. The van der Waals surface area contributed by atoms with Crippen LogP contribution in [-0.4, -0.2) is 31.7 Å². The van der Waals surface area contributed by atoms with Gasteiger partial charge in [0.25, 0.3) is 5.91 Å². The van der Waals surface area contributed by atoms with Gasteiger partial charge in [-0.25, -0.2) is 4.68 Å². The summed E-state index contributed by atoms with van der Waals surface area (Å²) in [4.78, 5) is 20.5. The zero-order valence-electron chi connectivity index (χ0n) is 14.9. The minimum absolute atomic E-state index is 0.351. The summed E-state index contributed by atoms with van der Waals surface area (Å²) in [5.41, 5.74) is -1.77. The lowest BCUT2D eigenvalue weighted by Gasteiger charge is -2.35. The number of hydrogen-bond donors (Lipinski definition) is 3. The van der Waals surface area contributed by atoms with Gasteiger partial charge in [0.2, 0.25) is 5.90 Å². The molecule has 0 aromatic carbocycles. The number of pyridine rings is 1. The normalized spacial score (nSPS) is 19.7. The second-order valence-corrected chi connectivity index (χ2v) is 6.58. The van der Waals surface area contributed by atoms with Crippen LogP contribution in [0.4, 0.5) is 13.2 Å². The average molecular weight is 394 g/mol. The minimum atomic E-state index is -4.55. The first-order valence-electron chi connectivity index (χ1n) is 8.14. The molecule has 2 aromatic rings. The monoisotopic (exact) mass is 394 g/mol. The van der Waals surface area contributed by atoms with Crippen LogP contribution in [0.1, 0.15) is 25.1 Å². The van der Waals surface area contributed by atoms with E-state index >= 15 is 0 Å². The van der Waals surface area contributed by atoms with Crippen molar-refractivity contribution in [2.75, 3.05) is 0 Å². The van der Waals surface area contributed by atoms with Crippen LogP contribution in [0.15, 0.2) is 54.1 Å². The van der Waals surface area contributed by atoms with Gasteiger partial charge in [-0.3, -0.25) is 9.78 Å². The summed E-state index contributed by atoms with van der Waals surface area (Å²) in [6.07, 6.45) is 2.03. The topological polar surface area (TPSA) is 104 Å². The second-order valence-electron chi connectivity index (χ2n) is 6.58. The predicted molar refractivity (Wildman–Crippen MR) is 92.9 cm³/mol. The maximum absolute atomic E-state index is 13.1. The molecule has 1 unspecified atom stereocenters. The van der Waals surface area contributed by atoms with Crippen molar-refractivity contribution in [3.63, 3.8) is 0 Å². The molecule has 148 valence electrons. The quantitative estimate of drug-likeness (QED) is 0.736. The number of aliphatic hydroxyl groups is 1. The Morgan fingerprint density at radius 1 is 1.32 bits per heavy atom. The molecule has 3 N–H and O–H groups in total. The number of nitrogens with zero attached hydrogens (tertiary/aromatic N) is 4. The van der Waals surface area contributed by atoms with Crippen molar-refractivity contribution in [1.29, 1.82) is 0 Å². The summed E-state index contributed by atoms with van der Waals surface area (Å²) in [7, 11) is 0. The number of carbonyl (C=O) groups is 1. The van der Waals surface area contributed by atoms with Crippen molar-refractivity contribution in [1.82, 2.24) is 25.4 Å². The molecule has 1 amide bonds. The number of alkyl halides is 3. The highest BCUT2D eigenvalue weighted by Crippen LogP contribution is 2.29. The molecule has 0 spiro atoms. The highest BCUT2D eigenvalue weighted by Gasteiger charge is 2.44. The molecule has 0 saturated carbocycles. The van der Waals surface area contributed by atoms with Gasteiger partial charge >= 0.3 is 12.0 Å². The largest absolute Gasteiger partial charge is 0.493 e. The molecule has 0 bridgehead atoms. The molecule has 28 heavy (non-hydrogen) atoms. The summed E-state index contributed by atoms with van der Waals surface area (Å²) in [5.74, 6) is -2.87. The fourth-order valence-corrected chi connectivity index (χ4v) is 2.64. The van der Waals surface area contributed by atoms with Crippen molar-refractivity contribution < 1.29 is 23.1 Å². The summed E-state index contributed by atoms with van der Waals surface area (Å²) in [6, 6.07) is 3.66. The first kappa shape index (κ1) is 19.4. The molecule has 11 heteroatoms. The zero-order chi connectivity index (χ0) is 20.6. The molecule has 0 aliphatic carbocycles. The van der Waals surface area contributed by atoms with Gasteiger partial charge in [-0.1, -0.05) is 6.07 Å². The lowest BCUT2D eigenvalue weighted by molar-refractivity contribution is -0.141. The van der Waals surface area contributed by atoms with Gasteiger partial charge in [-0.2, -0.15) is 23.3 Å². The summed E-state index contributed by atoms with van der Waals surface area (Å²) >= 11 is 0. The first-order chi connectivity index (χ1) is 13.0. The van der Waals surface area contributed by atoms with Crippen LogP contribution in [0.5, 0.6) is 0 Å². The average Bonchev–Trinajstić information content (AvgIpc) is 3.16. The van der Waals surface area contributed by atoms with E-state index in [-0.39, 0.29) is 0 Å². The van der Waals surface area contributed by atoms with Gasteiger partial charge in [-0.05, 0) is 31.5 Å². The van der Waals surface area contributed by atoms with E-state index in [9.17, 15) is 23.1 Å². The number of carbonyl (C=O) groups excluding carboxylic acids is 1. The van der Waals surface area contributed by atoms with Crippen LogP contribution in [0, 0.1) is 0 Å². The van der Waals surface area contributed by atoms with E-state index in [2.05, 4.69) is 25.7 Å². The molecule has 2 aromatic heterocycles. The molecular weight excluding hydrogens is 377 g/mol. The summed E-state index contributed by atoms with van der Waals surface area (Å²) < 4.78 is 39.4. The van der Waals surface area contributed by atoms with E-state index in [1.165, 1.54) is 35.4 Å². The van der Waals surface area contributed by atoms with E-state index < -0.39 is 35.0 Å². The second kappa shape index (κ2) is 6.66. The van der Waals surface area contributed by atoms with Crippen molar-refractivity contribution in [3.05, 3.63) is 60.3 Å². The van der Waals surface area contributed by atoms with E-state index in [1.807, 2.05) is 0 Å². The number of aliphatic hydroxyl groups excluding tert-OH is 1. The van der Waals surface area contributed by atoms with E-state index in [0.717, 1.165) is 12.3 Å². The Balaban J connectivity index is 1.90. The number of aliphatic imine (C=N–C) groups is 1. The number of nitrogens with one attached hydrogen (secondary N) is 2. The van der Waals surface area contributed by atoms with Crippen LogP contribution >= 0.6 is 0 Å². The third kappa shape index (κ3) is 3.55. The van der Waals surface area contributed by atoms with Crippen molar-refractivity contribution in [3.8, 4) is 0 Å². The van der Waals surface area contributed by atoms with Crippen LogP contribution in [0.25, 0.3) is 0 Å². The first-order valence-corrected chi connectivity index (χ1v) is 8.14. The van der Waals surface area contributed by atoms with Crippen LogP contribution in [0.3, 0.4) is 0 Å². The molecular formula is C17H17F3N6O2.